The summed E-state index contributed by atoms with van der Waals surface area (Å²) in [7, 11) is 1.63. The van der Waals surface area contributed by atoms with E-state index in [-0.39, 0.29) is 18.2 Å². The van der Waals surface area contributed by atoms with E-state index in [0.29, 0.717) is 17.2 Å². The molecule has 1 saturated carbocycles. The first kappa shape index (κ1) is 22.9. The Hall–Kier alpha value is -3.87. The second kappa shape index (κ2) is 9.78. The molecule has 0 radical (unpaired) electrons. The molecule has 0 saturated heterocycles. The minimum absolute atomic E-state index is 0.0611. The molecule has 0 bridgehead atoms. The number of nitrogens with zero attached hydrogens (tertiary/aromatic N) is 1. The Labute approximate surface area is 202 Å². The number of aromatic nitrogens is 1. The molecule has 0 aliphatic heterocycles. The van der Waals surface area contributed by atoms with Crippen LogP contribution in [0.15, 0.2) is 72.8 Å². The summed E-state index contributed by atoms with van der Waals surface area (Å²) in [6, 6.07) is 22.3. The van der Waals surface area contributed by atoms with Gasteiger partial charge in [-0.1, -0.05) is 48.5 Å². The lowest BCUT2D eigenvalue weighted by Crippen LogP contribution is -2.26. The van der Waals surface area contributed by atoms with E-state index in [4.69, 9.17) is 4.74 Å². The zero-order valence-electron chi connectivity index (χ0n) is 19.3. The van der Waals surface area contributed by atoms with Crippen LogP contribution in [0.2, 0.25) is 0 Å². The number of fused-ring (bicyclic) bond motifs is 1. The summed E-state index contributed by atoms with van der Waals surface area (Å²) in [6.45, 7) is -2.06. The zero-order chi connectivity index (χ0) is 24.4. The lowest BCUT2D eigenvalue weighted by atomic mass is 10.0. The molecule has 1 fully saturated rings. The Bertz CT molecular complexity index is 1350. The van der Waals surface area contributed by atoms with E-state index in [1.54, 1.807) is 31.3 Å². The average molecular weight is 477 g/mol. The van der Waals surface area contributed by atoms with Gasteiger partial charge in [-0.2, -0.15) is 8.78 Å². The SMILES string of the molecule is CN(Cc1ccccc1OC(F)F)C(=O)c1cc2ccc(-c3ccccc3OCC3CC3)cc2[nH]1. The van der Waals surface area contributed by atoms with Gasteiger partial charge >= 0.3 is 6.61 Å². The fourth-order valence-electron chi connectivity index (χ4n) is 4.11. The van der Waals surface area contributed by atoms with Crippen molar-refractivity contribution in [3.05, 3.63) is 84.1 Å². The number of aromatic amines is 1. The third kappa shape index (κ3) is 5.29. The van der Waals surface area contributed by atoms with Crippen molar-refractivity contribution in [3.8, 4) is 22.6 Å². The van der Waals surface area contributed by atoms with Crippen LogP contribution in [0.3, 0.4) is 0 Å². The molecule has 1 aliphatic carbocycles. The molecule has 0 spiro atoms. The molecule has 1 amide bonds. The third-order valence-corrected chi connectivity index (χ3v) is 6.17. The number of H-pyrrole nitrogens is 1. The van der Waals surface area contributed by atoms with Gasteiger partial charge in [0.2, 0.25) is 0 Å². The summed E-state index contributed by atoms with van der Waals surface area (Å²) >= 11 is 0. The van der Waals surface area contributed by atoms with Gasteiger partial charge in [-0.15, -0.1) is 0 Å². The van der Waals surface area contributed by atoms with Crippen LogP contribution in [0.5, 0.6) is 11.5 Å². The van der Waals surface area contributed by atoms with Crippen LogP contribution in [0.1, 0.15) is 28.9 Å². The predicted octanol–water partition coefficient (Wildman–Crippen LogP) is 6.50. The first-order valence-corrected chi connectivity index (χ1v) is 11.6. The Balaban J connectivity index is 1.36. The lowest BCUT2D eigenvalue weighted by Gasteiger charge is -2.18. The maximum atomic E-state index is 13.1. The number of ether oxygens (including phenoxy) is 2. The fraction of sp³-hybridized carbons (Fsp3) is 0.250. The number of halogens is 2. The van der Waals surface area contributed by atoms with E-state index in [0.717, 1.165) is 34.4 Å². The van der Waals surface area contributed by atoms with Crippen molar-refractivity contribution in [1.82, 2.24) is 9.88 Å². The van der Waals surface area contributed by atoms with Gasteiger partial charge in [0.1, 0.15) is 17.2 Å². The maximum absolute atomic E-state index is 13.1. The van der Waals surface area contributed by atoms with Crippen LogP contribution in [0, 0.1) is 5.92 Å². The molecule has 5 nitrogen and oxygen atoms in total. The van der Waals surface area contributed by atoms with Gasteiger partial charge in [0, 0.05) is 35.6 Å². The van der Waals surface area contributed by atoms with Gasteiger partial charge < -0.3 is 19.4 Å². The molecule has 0 unspecified atom stereocenters. The molecular formula is C28H26F2N2O3. The van der Waals surface area contributed by atoms with Gasteiger partial charge in [-0.3, -0.25) is 4.79 Å². The lowest BCUT2D eigenvalue weighted by molar-refractivity contribution is -0.0506. The van der Waals surface area contributed by atoms with Crippen molar-refractivity contribution in [3.63, 3.8) is 0 Å². The smallest absolute Gasteiger partial charge is 0.387 e. The molecule has 1 heterocycles. The average Bonchev–Trinajstić information content (AvgIpc) is 3.59. The largest absolute Gasteiger partial charge is 0.493 e. The molecule has 1 N–H and O–H groups in total. The zero-order valence-corrected chi connectivity index (χ0v) is 19.3. The number of para-hydroxylation sites is 2. The van der Waals surface area contributed by atoms with E-state index in [2.05, 4.69) is 9.72 Å². The molecule has 1 aliphatic rings. The summed E-state index contributed by atoms with van der Waals surface area (Å²) in [5.74, 6) is 1.33. The quantitative estimate of drug-likeness (QED) is 0.300. The number of benzene rings is 3. The van der Waals surface area contributed by atoms with Crippen molar-refractivity contribution >= 4 is 16.8 Å². The standard InChI is InChI=1S/C28H26F2N2O3/c1-32(16-21-6-2-4-8-25(21)35-28(29)30)27(33)24-15-20-13-12-19(14-23(20)31-24)22-7-3-5-9-26(22)34-17-18-10-11-18/h2-9,12-15,18,28,31H,10-11,16-17H2,1H3. The van der Waals surface area contributed by atoms with E-state index >= 15 is 0 Å². The summed E-state index contributed by atoms with van der Waals surface area (Å²) in [5, 5.41) is 0.906. The van der Waals surface area contributed by atoms with Gasteiger partial charge in [-0.25, -0.2) is 0 Å². The number of hydrogen-bond donors (Lipinski definition) is 1. The van der Waals surface area contributed by atoms with Gasteiger partial charge in [0.25, 0.3) is 5.91 Å². The van der Waals surface area contributed by atoms with Crippen LogP contribution >= 0.6 is 0 Å². The second-order valence-corrected chi connectivity index (χ2v) is 8.88. The highest BCUT2D eigenvalue weighted by Crippen LogP contribution is 2.35. The molecule has 7 heteroatoms. The number of hydrogen-bond acceptors (Lipinski definition) is 3. The van der Waals surface area contributed by atoms with Crippen molar-refractivity contribution in [1.29, 1.82) is 0 Å². The number of carbonyl (C=O) groups excluding carboxylic acids is 1. The van der Waals surface area contributed by atoms with Crippen LogP contribution in [-0.2, 0) is 6.54 Å². The molecule has 180 valence electrons. The Morgan fingerprint density at radius 3 is 2.54 bits per heavy atom. The Morgan fingerprint density at radius 2 is 1.77 bits per heavy atom. The van der Waals surface area contributed by atoms with E-state index in [1.165, 1.54) is 23.8 Å². The highest BCUT2D eigenvalue weighted by atomic mass is 19.3. The summed E-state index contributed by atoms with van der Waals surface area (Å²) in [5.41, 5.74) is 3.76. The Morgan fingerprint density at radius 1 is 1.03 bits per heavy atom. The fourth-order valence-corrected chi connectivity index (χ4v) is 4.11. The van der Waals surface area contributed by atoms with Gasteiger partial charge in [0.15, 0.2) is 0 Å². The van der Waals surface area contributed by atoms with Crippen LogP contribution in [0.25, 0.3) is 22.0 Å². The molecule has 4 aromatic rings. The normalized spacial score (nSPS) is 13.3. The molecule has 0 atom stereocenters. The summed E-state index contributed by atoms with van der Waals surface area (Å²) in [4.78, 5) is 17.8. The highest BCUT2D eigenvalue weighted by molar-refractivity contribution is 5.99. The summed E-state index contributed by atoms with van der Waals surface area (Å²) < 4.78 is 36.1. The van der Waals surface area contributed by atoms with Crippen molar-refractivity contribution < 1.29 is 23.0 Å². The number of alkyl halides is 2. The number of rotatable bonds is 9. The first-order valence-electron chi connectivity index (χ1n) is 11.6. The highest BCUT2D eigenvalue weighted by Gasteiger charge is 2.22. The van der Waals surface area contributed by atoms with Gasteiger partial charge in [-0.05, 0) is 48.6 Å². The number of amides is 1. The minimum atomic E-state index is -2.93. The molecule has 35 heavy (non-hydrogen) atoms. The van der Waals surface area contributed by atoms with E-state index < -0.39 is 6.61 Å². The van der Waals surface area contributed by atoms with Crippen molar-refractivity contribution in [2.45, 2.75) is 26.0 Å². The second-order valence-electron chi connectivity index (χ2n) is 8.88. The van der Waals surface area contributed by atoms with Crippen molar-refractivity contribution in [2.24, 2.45) is 5.92 Å². The molecule has 5 rings (SSSR count). The van der Waals surface area contributed by atoms with Gasteiger partial charge in [0.05, 0.1) is 6.61 Å². The van der Waals surface area contributed by atoms with Crippen LogP contribution in [-0.4, -0.2) is 36.1 Å². The monoisotopic (exact) mass is 476 g/mol. The predicted molar refractivity (Wildman–Crippen MR) is 131 cm³/mol. The van der Waals surface area contributed by atoms with Crippen LogP contribution in [0.4, 0.5) is 8.78 Å². The minimum Gasteiger partial charge on any atom is -0.493 e. The number of carbonyl (C=O) groups is 1. The Kier molecular flexibility index (Phi) is 6.40. The molecular weight excluding hydrogens is 450 g/mol. The van der Waals surface area contributed by atoms with E-state index in [1.807, 2.05) is 42.5 Å². The third-order valence-electron chi connectivity index (χ3n) is 6.17. The summed E-state index contributed by atoms with van der Waals surface area (Å²) in [6.07, 6.45) is 2.46. The van der Waals surface area contributed by atoms with E-state index in [9.17, 15) is 13.6 Å². The molecule has 1 aromatic heterocycles. The maximum Gasteiger partial charge on any atom is 0.387 e. The van der Waals surface area contributed by atoms with Crippen molar-refractivity contribution in [2.75, 3.05) is 13.7 Å². The molecule has 3 aromatic carbocycles. The first-order chi connectivity index (χ1) is 17.0. The number of nitrogens with one attached hydrogen (secondary N) is 1. The van der Waals surface area contributed by atoms with Crippen LogP contribution < -0.4 is 9.47 Å². The topological polar surface area (TPSA) is 54.6 Å².